The Morgan fingerprint density at radius 1 is 0.863 bits per heavy atom. The number of aromatic amines is 2. The highest BCUT2D eigenvalue weighted by Gasteiger charge is 2.12. The topological polar surface area (TPSA) is 148 Å². The molecule has 6 N–H and O–H groups in total. The first-order valence-corrected chi connectivity index (χ1v) is 20.0. The number of rotatable bonds is 13. The van der Waals surface area contributed by atoms with Crippen molar-refractivity contribution in [1.29, 1.82) is 0 Å². The summed E-state index contributed by atoms with van der Waals surface area (Å²) >= 11 is 16.8. The molecule has 0 spiro atoms. The molecule has 3 heterocycles. The van der Waals surface area contributed by atoms with Gasteiger partial charge in [-0.3, -0.25) is 10.2 Å². The van der Waals surface area contributed by atoms with Crippen molar-refractivity contribution in [2.75, 3.05) is 42.9 Å². The normalized spacial score (nSPS) is 10.2. The van der Waals surface area contributed by atoms with Gasteiger partial charge in [-0.1, -0.05) is 57.5 Å². The number of fused-ring (bicyclic) bond motifs is 2. The Balaban J connectivity index is 0.000000720. The fourth-order valence-electron chi connectivity index (χ4n) is 4.34. The summed E-state index contributed by atoms with van der Waals surface area (Å²) in [5, 5.41) is 26.5. The average molecular weight is 940 g/mol. The molecule has 3 aromatic heterocycles. The number of nitrogens with one attached hydrogen (secondary N) is 4. The summed E-state index contributed by atoms with van der Waals surface area (Å²) in [5.41, 5.74) is 10.00. The van der Waals surface area contributed by atoms with Crippen LogP contribution >= 0.6 is 71.3 Å². The number of H-pyrrole nitrogens is 2. The highest BCUT2D eigenvalue weighted by Crippen LogP contribution is 2.32. The van der Waals surface area contributed by atoms with E-state index >= 15 is 0 Å². The van der Waals surface area contributed by atoms with E-state index in [9.17, 15) is 0 Å². The van der Waals surface area contributed by atoms with Gasteiger partial charge in [0.25, 0.3) is 0 Å². The predicted molar refractivity (Wildman–Crippen MR) is 233 cm³/mol. The Kier molecular flexibility index (Phi) is 26.3. The summed E-state index contributed by atoms with van der Waals surface area (Å²) in [4.78, 5) is 4.22. The van der Waals surface area contributed by atoms with E-state index in [1.165, 1.54) is 11.1 Å². The van der Waals surface area contributed by atoms with E-state index in [0.29, 0.717) is 19.0 Å². The fourth-order valence-corrected chi connectivity index (χ4v) is 6.53. The van der Waals surface area contributed by atoms with Gasteiger partial charge in [-0.25, -0.2) is 4.98 Å². The van der Waals surface area contributed by atoms with Crippen LogP contribution in [0.5, 0.6) is 0 Å². The largest absolute Gasteiger partial charge is 0.385 e. The molecule has 0 fully saturated rings. The third kappa shape index (κ3) is 16.6. The number of hydrogen-bond acceptors (Lipinski definition) is 9. The molecule has 286 valence electrons. The molecular weight excluding hydrogens is 884 g/mol. The highest BCUT2D eigenvalue weighted by atomic mass is 79.9. The zero-order valence-corrected chi connectivity index (χ0v) is 35.2. The Bertz CT molecular complexity index is 1660. The zero-order chi connectivity index (χ0) is 36.2. The van der Waals surface area contributed by atoms with Gasteiger partial charge < -0.3 is 30.6 Å². The second-order valence-corrected chi connectivity index (χ2v) is 13.9. The maximum atomic E-state index is 5.46. The van der Waals surface area contributed by atoms with E-state index in [1.807, 2.05) is 26.2 Å². The molecule has 2 aromatic carbocycles. The molecule has 5 rings (SSSR count). The van der Waals surface area contributed by atoms with Gasteiger partial charge in [0.2, 0.25) is 0 Å². The Labute approximate surface area is 338 Å². The summed E-state index contributed by atoms with van der Waals surface area (Å²) in [5.74, 6) is 1.50. The molecule has 0 bridgehead atoms. The fraction of sp³-hybridized carbons (Fsp3) is 0.486. The van der Waals surface area contributed by atoms with Gasteiger partial charge in [0.15, 0.2) is 28.2 Å². The van der Waals surface area contributed by atoms with E-state index in [4.69, 9.17) is 27.4 Å². The molecule has 0 unspecified atom stereocenters. The quantitative estimate of drug-likeness (QED) is 0.0439. The molecule has 0 radical (unpaired) electrons. The number of ether oxygens (including phenoxy) is 3. The molecule has 0 saturated heterocycles. The van der Waals surface area contributed by atoms with Crippen LogP contribution in [0, 0.1) is 0 Å². The molecule has 0 atom stereocenters. The molecule has 0 saturated carbocycles. The molecule has 0 amide bonds. The minimum atomic E-state index is -0.0694. The summed E-state index contributed by atoms with van der Waals surface area (Å²) in [6, 6.07) is 8.54. The number of anilines is 3. The van der Waals surface area contributed by atoms with E-state index < -0.39 is 0 Å². The van der Waals surface area contributed by atoms with E-state index in [-0.39, 0.29) is 26.3 Å². The lowest BCUT2D eigenvalue weighted by Crippen LogP contribution is -2.19. The highest BCUT2D eigenvalue weighted by molar-refractivity contribution is 9.11. The molecule has 11 nitrogen and oxygen atoms in total. The number of aromatic nitrogens is 5. The lowest BCUT2D eigenvalue weighted by Gasteiger charge is -2.12. The number of alkyl halides is 1. The van der Waals surface area contributed by atoms with Crippen molar-refractivity contribution < 1.29 is 14.2 Å². The molecule has 0 aliphatic heterocycles. The second-order valence-electron chi connectivity index (χ2n) is 10.2. The summed E-state index contributed by atoms with van der Waals surface area (Å²) in [7, 11) is 1.68. The average Bonchev–Trinajstić information content (AvgIpc) is 3.84. The number of nitrogens with two attached hydrogens (primary N) is 1. The first-order valence-electron chi connectivity index (χ1n) is 16.0. The van der Waals surface area contributed by atoms with Crippen LogP contribution in [0.2, 0.25) is 0 Å². The van der Waals surface area contributed by atoms with Crippen LogP contribution in [-0.4, -0.2) is 69.0 Å². The maximum absolute atomic E-state index is 5.46. The van der Waals surface area contributed by atoms with Crippen molar-refractivity contribution in [1.82, 2.24) is 25.4 Å². The van der Waals surface area contributed by atoms with Crippen LogP contribution in [0.25, 0.3) is 21.8 Å². The van der Waals surface area contributed by atoms with E-state index in [1.54, 1.807) is 24.6 Å². The molecule has 16 heteroatoms. The molecule has 0 aliphatic rings. The smallest absolute Gasteiger partial charge is 0.188 e. The van der Waals surface area contributed by atoms with Crippen LogP contribution in [0.3, 0.4) is 0 Å². The number of methoxy groups -OCH3 is 1. The molecule has 5 aromatic rings. The number of nitrogens with zero attached hydrogens (tertiary/aromatic N) is 3. The van der Waals surface area contributed by atoms with E-state index in [2.05, 4.69) is 127 Å². The lowest BCUT2D eigenvalue weighted by molar-refractivity contribution is -0.119. The van der Waals surface area contributed by atoms with Crippen molar-refractivity contribution in [3.63, 3.8) is 0 Å². The Hall–Kier alpha value is -2.18. The van der Waals surface area contributed by atoms with E-state index in [0.717, 1.165) is 79.3 Å². The van der Waals surface area contributed by atoms with Gasteiger partial charge in [0, 0.05) is 58.2 Å². The standard InChI is InChI=1S/C13H13BrN4S.C11H13BrN4S.C6H13BrO2.C3H8O.2CH4/c1-2-3-8-6-9-11(10(14)7-8)17-18-12(9)16-13-15-4-5-19-13;1-2-3-6-4-7-9(8(12)5-6)15-16-10(7)14-11(13)17;1-3-8-6(5-7)9-4-2;1-3-4-2;;/h4-7H,2-3H2,1H3,(H2,15,16,17,18);4-5H,2-3H2,1H3,(H4,13,14,15,16,17);6H,3-5H2,1-2H3;3H2,1-2H3;2*1H4. The van der Waals surface area contributed by atoms with Crippen LogP contribution in [0.4, 0.5) is 16.8 Å². The first-order chi connectivity index (χ1) is 23.6. The van der Waals surface area contributed by atoms with Crippen molar-refractivity contribution in [2.45, 2.75) is 81.4 Å². The van der Waals surface area contributed by atoms with Crippen molar-refractivity contribution in [3.05, 3.63) is 55.9 Å². The Morgan fingerprint density at radius 2 is 1.35 bits per heavy atom. The predicted octanol–water partition coefficient (Wildman–Crippen LogP) is 11.1. The van der Waals surface area contributed by atoms with Crippen molar-refractivity contribution >= 4 is 115 Å². The number of aryl methyl sites for hydroxylation is 2. The van der Waals surface area contributed by atoms with Crippen molar-refractivity contribution in [2.24, 2.45) is 5.73 Å². The van der Waals surface area contributed by atoms with Crippen LogP contribution in [0.1, 0.15) is 73.4 Å². The van der Waals surface area contributed by atoms with Gasteiger partial charge in [0.05, 0.1) is 16.4 Å². The number of benzene rings is 2. The van der Waals surface area contributed by atoms with Gasteiger partial charge in [-0.05, 0) is 113 Å². The monoisotopic (exact) mass is 936 g/mol. The van der Waals surface area contributed by atoms with Gasteiger partial charge >= 0.3 is 0 Å². The van der Waals surface area contributed by atoms with Crippen LogP contribution in [-0.2, 0) is 27.1 Å². The molecule has 51 heavy (non-hydrogen) atoms. The SMILES string of the molecule is C.C.CCCc1cc(Br)c2[nH]nc(NC(N)=S)c2c1.CCCc1cc(Br)c2[nH]nc(Nc3nccs3)c2c1.CCOC.CCOC(CBr)OCC. The molecular formula is C35H55Br3N8O3S2. The number of hydrogen-bond donors (Lipinski definition) is 5. The maximum Gasteiger partial charge on any atom is 0.188 e. The zero-order valence-electron chi connectivity index (χ0n) is 28.8. The number of halogens is 3. The van der Waals surface area contributed by atoms with Crippen LogP contribution in [0.15, 0.2) is 44.8 Å². The summed E-state index contributed by atoms with van der Waals surface area (Å²) < 4.78 is 16.9. The summed E-state index contributed by atoms with van der Waals surface area (Å²) in [6.07, 6.45) is 6.04. The minimum Gasteiger partial charge on any atom is -0.385 e. The number of thiazole rings is 1. The van der Waals surface area contributed by atoms with Crippen molar-refractivity contribution in [3.8, 4) is 0 Å². The van der Waals surface area contributed by atoms with Gasteiger partial charge in [-0.15, -0.1) is 11.3 Å². The second kappa shape index (κ2) is 27.4. The lowest BCUT2D eigenvalue weighted by atomic mass is 10.1. The first kappa shape index (κ1) is 48.8. The third-order valence-corrected chi connectivity index (χ3v) is 9.04. The third-order valence-electron chi connectivity index (χ3n) is 6.47. The minimum absolute atomic E-state index is 0. The summed E-state index contributed by atoms with van der Waals surface area (Å²) in [6.45, 7) is 12.4. The van der Waals surface area contributed by atoms with Crippen LogP contribution < -0.4 is 16.4 Å². The van der Waals surface area contributed by atoms with Gasteiger partial charge in [0.1, 0.15) is 0 Å². The number of thiocarbonyl (C=S) groups is 1. The molecule has 0 aliphatic carbocycles. The van der Waals surface area contributed by atoms with Gasteiger partial charge in [-0.2, -0.15) is 10.2 Å². The Morgan fingerprint density at radius 3 is 1.75 bits per heavy atom.